The van der Waals surface area contributed by atoms with Gasteiger partial charge in [0.25, 0.3) is 11.8 Å². The fourth-order valence-corrected chi connectivity index (χ4v) is 3.06. The largest absolute Gasteiger partial charge is 0.298 e. The lowest BCUT2D eigenvalue weighted by molar-refractivity contribution is -0.122. The lowest BCUT2D eigenvalue weighted by Gasteiger charge is -2.28. The Hall–Kier alpha value is -2.02. The topological polar surface area (TPSA) is 49.4 Å². The number of hydrogen-bond donors (Lipinski definition) is 1. The zero-order valence-electron chi connectivity index (χ0n) is 11.1. The molecule has 1 aliphatic rings. The molecule has 1 aromatic carbocycles. The summed E-state index contributed by atoms with van der Waals surface area (Å²) < 4.78 is 0. The summed E-state index contributed by atoms with van der Waals surface area (Å²) in [7, 11) is 0. The van der Waals surface area contributed by atoms with Crippen LogP contribution in [0.15, 0.2) is 47.4 Å². The normalized spacial score (nSPS) is 17.0. The van der Waals surface area contributed by atoms with E-state index in [1.54, 1.807) is 30.3 Å². The molecule has 0 unspecified atom stereocenters. The molecule has 0 saturated carbocycles. The number of rotatable bonds is 2. The molecular formula is C15H9ClN2O2S2. The van der Waals surface area contributed by atoms with Gasteiger partial charge in [0.2, 0.25) is 0 Å². The summed E-state index contributed by atoms with van der Waals surface area (Å²) in [4.78, 5) is 26.8. The van der Waals surface area contributed by atoms with Crippen LogP contribution in [-0.4, -0.2) is 16.9 Å². The molecule has 22 heavy (non-hydrogen) atoms. The monoisotopic (exact) mass is 348 g/mol. The molecule has 1 aromatic heterocycles. The number of carbonyl (C=O) groups excluding carboxylic acids is 2. The molecule has 1 fully saturated rings. The SMILES string of the molecule is O=C1NC(=S)N(c2ccc(Cl)cc2)C(=O)C1=Cc1cccs1. The van der Waals surface area contributed by atoms with Crippen LogP contribution in [0.1, 0.15) is 4.88 Å². The average molecular weight is 349 g/mol. The molecule has 0 atom stereocenters. The van der Waals surface area contributed by atoms with Gasteiger partial charge in [0.05, 0.1) is 5.69 Å². The predicted molar refractivity (Wildman–Crippen MR) is 92.0 cm³/mol. The molecule has 1 aliphatic heterocycles. The lowest BCUT2D eigenvalue weighted by Crippen LogP contribution is -2.54. The second-order valence-corrected chi connectivity index (χ2v) is 6.25. The van der Waals surface area contributed by atoms with Crippen molar-refractivity contribution in [2.75, 3.05) is 4.90 Å². The zero-order chi connectivity index (χ0) is 15.7. The minimum atomic E-state index is -0.492. The number of thiophene rings is 1. The van der Waals surface area contributed by atoms with Crippen LogP contribution in [0.4, 0.5) is 5.69 Å². The minimum absolute atomic E-state index is 0.0472. The molecular weight excluding hydrogens is 340 g/mol. The first kappa shape index (κ1) is 14.9. The Morgan fingerprint density at radius 1 is 1.18 bits per heavy atom. The summed E-state index contributed by atoms with van der Waals surface area (Å²) in [5.74, 6) is -0.946. The van der Waals surface area contributed by atoms with E-state index in [1.807, 2.05) is 17.5 Å². The van der Waals surface area contributed by atoms with Crippen molar-refractivity contribution in [2.45, 2.75) is 0 Å². The molecule has 1 N–H and O–H groups in total. The fraction of sp³-hybridized carbons (Fsp3) is 0. The molecule has 2 heterocycles. The maximum absolute atomic E-state index is 12.6. The van der Waals surface area contributed by atoms with Crippen LogP contribution < -0.4 is 10.2 Å². The van der Waals surface area contributed by atoms with Gasteiger partial charge in [0.15, 0.2) is 5.11 Å². The van der Waals surface area contributed by atoms with Crippen LogP contribution in [0.3, 0.4) is 0 Å². The fourth-order valence-electron chi connectivity index (χ4n) is 2.00. The summed E-state index contributed by atoms with van der Waals surface area (Å²) in [6.07, 6.45) is 1.56. The summed E-state index contributed by atoms with van der Waals surface area (Å²) >= 11 is 12.4. The smallest absolute Gasteiger partial charge is 0.270 e. The third kappa shape index (κ3) is 2.81. The maximum atomic E-state index is 12.6. The third-order valence-corrected chi connectivity index (χ3v) is 4.37. The van der Waals surface area contributed by atoms with E-state index in [4.69, 9.17) is 23.8 Å². The van der Waals surface area contributed by atoms with E-state index in [2.05, 4.69) is 5.32 Å². The molecule has 110 valence electrons. The highest BCUT2D eigenvalue weighted by Gasteiger charge is 2.34. The molecule has 0 radical (unpaired) electrons. The molecule has 4 nitrogen and oxygen atoms in total. The minimum Gasteiger partial charge on any atom is -0.298 e. The molecule has 0 bridgehead atoms. The highest BCUT2D eigenvalue weighted by Crippen LogP contribution is 2.24. The first-order chi connectivity index (χ1) is 10.6. The van der Waals surface area contributed by atoms with E-state index in [9.17, 15) is 9.59 Å². The third-order valence-electron chi connectivity index (χ3n) is 3.02. The van der Waals surface area contributed by atoms with Gasteiger partial charge in [-0.15, -0.1) is 11.3 Å². The van der Waals surface area contributed by atoms with Gasteiger partial charge in [0.1, 0.15) is 5.57 Å². The van der Waals surface area contributed by atoms with E-state index in [0.717, 1.165) is 4.88 Å². The van der Waals surface area contributed by atoms with Gasteiger partial charge in [-0.05, 0) is 54.0 Å². The van der Waals surface area contributed by atoms with Crippen molar-refractivity contribution in [2.24, 2.45) is 0 Å². The highest BCUT2D eigenvalue weighted by molar-refractivity contribution is 7.80. The number of nitrogens with one attached hydrogen (secondary N) is 1. The molecule has 0 aliphatic carbocycles. The number of thiocarbonyl (C=S) groups is 1. The first-order valence-corrected chi connectivity index (χ1v) is 7.93. The number of hydrogen-bond acceptors (Lipinski definition) is 4. The second kappa shape index (κ2) is 6.00. The quantitative estimate of drug-likeness (QED) is 0.515. The van der Waals surface area contributed by atoms with Crippen molar-refractivity contribution in [3.63, 3.8) is 0 Å². The van der Waals surface area contributed by atoms with Crippen molar-refractivity contribution in [3.05, 3.63) is 57.3 Å². The maximum Gasteiger partial charge on any atom is 0.270 e. The molecule has 2 aromatic rings. The van der Waals surface area contributed by atoms with Gasteiger partial charge in [-0.25, -0.2) is 0 Å². The van der Waals surface area contributed by atoms with Gasteiger partial charge in [0, 0.05) is 9.90 Å². The summed E-state index contributed by atoms with van der Waals surface area (Å²) in [6.45, 7) is 0. The van der Waals surface area contributed by atoms with Gasteiger partial charge < -0.3 is 0 Å². The van der Waals surface area contributed by atoms with Crippen molar-refractivity contribution >= 4 is 63.8 Å². The van der Waals surface area contributed by atoms with Crippen LogP contribution in [0, 0.1) is 0 Å². The number of amides is 2. The summed E-state index contributed by atoms with van der Waals surface area (Å²) in [5, 5.41) is 5.02. The van der Waals surface area contributed by atoms with E-state index >= 15 is 0 Å². The van der Waals surface area contributed by atoms with Gasteiger partial charge >= 0.3 is 0 Å². The zero-order valence-corrected chi connectivity index (χ0v) is 13.5. The number of carbonyl (C=O) groups is 2. The predicted octanol–water partition coefficient (Wildman–Crippen LogP) is 3.23. The van der Waals surface area contributed by atoms with Crippen molar-refractivity contribution in [3.8, 4) is 0 Å². The standard InChI is InChI=1S/C15H9ClN2O2S2/c16-9-3-5-10(6-4-9)18-14(20)12(13(19)17-15(18)21)8-11-2-1-7-22-11/h1-8H,(H,17,19,21). The Morgan fingerprint density at radius 2 is 1.91 bits per heavy atom. The van der Waals surface area contributed by atoms with Crippen LogP contribution in [0.2, 0.25) is 5.02 Å². The molecule has 3 rings (SSSR count). The first-order valence-electron chi connectivity index (χ1n) is 6.27. The molecule has 0 spiro atoms. The van der Waals surface area contributed by atoms with Crippen molar-refractivity contribution in [1.29, 1.82) is 0 Å². The Kier molecular flexibility index (Phi) is 4.06. The van der Waals surface area contributed by atoms with Gasteiger partial charge in [-0.1, -0.05) is 17.7 Å². The lowest BCUT2D eigenvalue weighted by atomic mass is 10.1. The Bertz CT molecular complexity index is 782. The van der Waals surface area contributed by atoms with Crippen molar-refractivity contribution < 1.29 is 9.59 Å². The number of benzene rings is 1. The number of anilines is 1. The average Bonchev–Trinajstić information content (AvgIpc) is 2.98. The number of halogens is 1. The van der Waals surface area contributed by atoms with E-state index in [1.165, 1.54) is 16.2 Å². The van der Waals surface area contributed by atoms with Gasteiger partial charge in [-0.3, -0.25) is 19.8 Å². The highest BCUT2D eigenvalue weighted by atomic mass is 35.5. The van der Waals surface area contributed by atoms with Crippen LogP contribution in [0.25, 0.3) is 6.08 Å². The van der Waals surface area contributed by atoms with Crippen molar-refractivity contribution in [1.82, 2.24) is 5.32 Å². The molecule has 7 heteroatoms. The summed E-state index contributed by atoms with van der Waals surface area (Å²) in [6, 6.07) is 10.3. The summed E-state index contributed by atoms with van der Waals surface area (Å²) in [5.41, 5.74) is 0.600. The Balaban J connectivity index is 2.01. The molecule has 1 saturated heterocycles. The van der Waals surface area contributed by atoms with E-state index in [0.29, 0.717) is 10.7 Å². The van der Waals surface area contributed by atoms with Gasteiger partial charge in [-0.2, -0.15) is 0 Å². The number of nitrogens with zero attached hydrogens (tertiary/aromatic N) is 1. The Morgan fingerprint density at radius 3 is 2.55 bits per heavy atom. The van der Waals surface area contributed by atoms with Crippen LogP contribution >= 0.6 is 35.2 Å². The van der Waals surface area contributed by atoms with Crippen LogP contribution in [0.5, 0.6) is 0 Å². The van der Waals surface area contributed by atoms with E-state index in [-0.39, 0.29) is 10.7 Å². The molecule has 2 amide bonds. The Labute approximate surface area is 141 Å². The second-order valence-electron chi connectivity index (χ2n) is 4.45. The van der Waals surface area contributed by atoms with Crippen LogP contribution in [-0.2, 0) is 9.59 Å². The van der Waals surface area contributed by atoms with E-state index < -0.39 is 11.8 Å².